The summed E-state index contributed by atoms with van der Waals surface area (Å²) in [6, 6.07) is 15.4. The number of aliphatic hydroxyl groups is 1. The smallest absolute Gasteiger partial charge is 0.241 e. The normalized spacial score (nSPS) is 19.5. The van der Waals surface area contributed by atoms with Gasteiger partial charge >= 0.3 is 0 Å². The van der Waals surface area contributed by atoms with Crippen molar-refractivity contribution in [3.8, 4) is 11.5 Å². The minimum absolute atomic E-state index is 0.00620. The fourth-order valence-electron chi connectivity index (χ4n) is 5.41. The third-order valence-electron chi connectivity index (χ3n) is 7.60. The Balaban J connectivity index is 1.10. The number of rotatable bonds is 15. The molecule has 0 aromatic heterocycles. The maximum atomic E-state index is 13.0. The lowest BCUT2D eigenvalue weighted by Crippen LogP contribution is -2.57. The number of amides is 1. The molecular weight excluding hydrogens is 546 g/mol. The average Bonchev–Trinajstić information content (AvgIpc) is 3.05. The number of benzene rings is 2. The van der Waals surface area contributed by atoms with Crippen LogP contribution < -0.4 is 19.7 Å². The van der Waals surface area contributed by atoms with E-state index in [-0.39, 0.29) is 31.1 Å². The first kappa shape index (κ1) is 30.4. The SMILES string of the molecule is COc1ccccc1COCCCOc1ccc(N2C(=O)CNC[C@@H]2COC2=CC3C(=CC=CN3CCCO)C=C2)cc1. The summed E-state index contributed by atoms with van der Waals surface area (Å²) >= 11 is 0. The van der Waals surface area contributed by atoms with Crippen LogP contribution in [0.15, 0.2) is 96.4 Å². The van der Waals surface area contributed by atoms with E-state index in [0.717, 1.165) is 41.5 Å². The number of nitrogens with one attached hydrogen (secondary N) is 1. The number of methoxy groups -OCH3 is 1. The van der Waals surface area contributed by atoms with Crippen LogP contribution in [0.5, 0.6) is 11.5 Å². The van der Waals surface area contributed by atoms with E-state index in [9.17, 15) is 9.90 Å². The van der Waals surface area contributed by atoms with E-state index in [2.05, 4.69) is 28.4 Å². The summed E-state index contributed by atoms with van der Waals surface area (Å²) in [4.78, 5) is 17.0. The van der Waals surface area contributed by atoms with Crippen molar-refractivity contribution in [3.63, 3.8) is 0 Å². The van der Waals surface area contributed by atoms with E-state index >= 15 is 0 Å². The molecule has 2 N–H and O–H groups in total. The van der Waals surface area contributed by atoms with Gasteiger partial charge in [0.1, 0.15) is 23.9 Å². The molecule has 1 fully saturated rings. The minimum atomic E-state index is -0.156. The highest BCUT2D eigenvalue weighted by molar-refractivity contribution is 5.96. The maximum Gasteiger partial charge on any atom is 0.241 e. The van der Waals surface area contributed by atoms with Crippen LogP contribution in [-0.2, 0) is 20.9 Å². The van der Waals surface area contributed by atoms with Crippen molar-refractivity contribution in [2.75, 3.05) is 58.1 Å². The average molecular weight is 588 g/mol. The zero-order valence-corrected chi connectivity index (χ0v) is 24.7. The Hall–Kier alpha value is -4.05. The van der Waals surface area contributed by atoms with Crippen molar-refractivity contribution in [1.29, 1.82) is 0 Å². The molecule has 2 aromatic carbocycles. The molecule has 228 valence electrons. The minimum Gasteiger partial charge on any atom is -0.496 e. The van der Waals surface area contributed by atoms with Crippen molar-refractivity contribution in [1.82, 2.24) is 10.2 Å². The zero-order chi connectivity index (χ0) is 29.9. The van der Waals surface area contributed by atoms with E-state index in [4.69, 9.17) is 18.9 Å². The Labute approximate surface area is 253 Å². The van der Waals surface area contributed by atoms with Crippen LogP contribution >= 0.6 is 0 Å². The molecule has 9 heteroatoms. The number of carbonyl (C=O) groups excluding carboxylic acids is 1. The molecule has 2 aliphatic heterocycles. The number of fused-ring (bicyclic) bond motifs is 1. The van der Waals surface area contributed by atoms with Gasteiger partial charge in [-0.05, 0) is 66.8 Å². The standard InChI is InChI=1S/C34H41N3O6/c1-40-33-9-3-2-7-27(33)24-41-19-6-20-42-30-14-11-28(12-15-30)37-29(22-35-23-34(37)39)25-43-31-13-10-26-8-4-16-36(17-5-18-38)32(26)21-31/h2-4,7-16,21,29,32,35,38H,5-6,17-20,22-25H2,1H3/t29-,32?/m1/s1. The number of piperazine rings is 1. The predicted octanol–water partition coefficient (Wildman–Crippen LogP) is 3.96. The van der Waals surface area contributed by atoms with Crippen LogP contribution in [0.4, 0.5) is 5.69 Å². The van der Waals surface area contributed by atoms with E-state index in [0.29, 0.717) is 39.4 Å². The zero-order valence-electron chi connectivity index (χ0n) is 24.7. The van der Waals surface area contributed by atoms with E-state index < -0.39 is 0 Å². The summed E-state index contributed by atoms with van der Waals surface area (Å²) in [5.41, 5.74) is 3.03. The Bertz CT molecular complexity index is 1340. The van der Waals surface area contributed by atoms with Gasteiger partial charge in [0.2, 0.25) is 5.91 Å². The summed E-state index contributed by atoms with van der Waals surface area (Å²) in [7, 11) is 1.66. The third-order valence-corrected chi connectivity index (χ3v) is 7.60. The third kappa shape index (κ3) is 8.07. The quantitative estimate of drug-likeness (QED) is 0.303. The summed E-state index contributed by atoms with van der Waals surface area (Å²) in [6.45, 7) is 3.81. The molecule has 1 unspecified atom stereocenters. The lowest BCUT2D eigenvalue weighted by atomic mass is 9.97. The Morgan fingerprint density at radius 1 is 1.02 bits per heavy atom. The molecule has 1 aliphatic carbocycles. The number of anilines is 1. The molecule has 0 bridgehead atoms. The van der Waals surface area contributed by atoms with E-state index in [1.807, 2.05) is 71.8 Å². The summed E-state index contributed by atoms with van der Waals surface area (Å²) < 4.78 is 23.3. The first-order chi connectivity index (χ1) is 21.2. The van der Waals surface area contributed by atoms with Crippen molar-refractivity contribution in [2.24, 2.45) is 0 Å². The fraction of sp³-hybridized carbons (Fsp3) is 0.382. The second kappa shape index (κ2) is 15.4. The van der Waals surface area contributed by atoms with E-state index in [1.165, 1.54) is 5.57 Å². The molecule has 43 heavy (non-hydrogen) atoms. The van der Waals surface area contributed by atoms with Gasteiger partial charge in [0.15, 0.2) is 0 Å². The predicted molar refractivity (Wildman–Crippen MR) is 166 cm³/mol. The number of carbonyl (C=O) groups is 1. The summed E-state index contributed by atoms with van der Waals surface area (Å²) in [6.07, 6.45) is 13.8. The number of ether oxygens (including phenoxy) is 4. The first-order valence-electron chi connectivity index (χ1n) is 14.9. The topological polar surface area (TPSA) is 92.7 Å². The highest BCUT2D eigenvalue weighted by Gasteiger charge is 2.30. The number of para-hydroxylation sites is 1. The summed E-state index contributed by atoms with van der Waals surface area (Å²) in [5, 5.41) is 12.5. The monoisotopic (exact) mass is 587 g/mol. The molecule has 9 nitrogen and oxygen atoms in total. The molecular formula is C34H41N3O6. The van der Waals surface area contributed by atoms with E-state index in [1.54, 1.807) is 7.11 Å². The van der Waals surface area contributed by atoms with Gasteiger partial charge in [-0.15, -0.1) is 0 Å². The second-order valence-corrected chi connectivity index (χ2v) is 10.6. The molecule has 1 saturated heterocycles. The van der Waals surface area contributed by atoms with Gasteiger partial charge in [0.25, 0.3) is 0 Å². The lowest BCUT2D eigenvalue weighted by Gasteiger charge is -2.37. The van der Waals surface area contributed by atoms with Crippen LogP contribution in [0.25, 0.3) is 0 Å². The van der Waals surface area contributed by atoms with Crippen LogP contribution in [-0.4, -0.2) is 81.2 Å². The lowest BCUT2D eigenvalue weighted by molar-refractivity contribution is -0.119. The van der Waals surface area contributed by atoms with Gasteiger partial charge in [-0.25, -0.2) is 0 Å². The maximum absolute atomic E-state index is 13.0. The van der Waals surface area contributed by atoms with Crippen LogP contribution in [0.3, 0.4) is 0 Å². The fourth-order valence-corrected chi connectivity index (χ4v) is 5.41. The second-order valence-electron chi connectivity index (χ2n) is 10.6. The molecule has 2 heterocycles. The van der Waals surface area contributed by atoms with Gasteiger partial charge in [-0.2, -0.15) is 0 Å². The van der Waals surface area contributed by atoms with Gasteiger partial charge in [-0.3, -0.25) is 4.79 Å². The van der Waals surface area contributed by atoms with Crippen molar-refractivity contribution < 1.29 is 28.8 Å². The molecule has 1 amide bonds. The Kier molecular flexibility index (Phi) is 10.9. The molecule has 0 saturated carbocycles. The van der Waals surface area contributed by atoms with Gasteiger partial charge in [0, 0.05) is 37.4 Å². The summed E-state index contributed by atoms with van der Waals surface area (Å²) in [5.74, 6) is 2.36. The number of hydrogen-bond donors (Lipinski definition) is 2. The van der Waals surface area contributed by atoms with Gasteiger partial charge in [0.05, 0.1) is 45.6 Å². The Morgan fingerprint density at radius 3 is 2.72 bits per heavy atom. The highest BCUT2D eigenvalue weighted by Crippen LogP contribution is 2.27. The highest BCUT2D eigenvalue weighted by atomic mass is 16.5. The van der Waals surface area contributed by atoms with Crippen molar-refractivity contribution in [2.45, 2.75) is 31.5 Å². The van der Waals surface area contributed by atoms with Gasteiger partial charge in [-0.1, -0.05) is 30.4 Å². The van der Waals surface area contributed by atoms with Crippen molar-refractivity contribution >= 4 is 11.6 Å². The molecule has 0 spiro atoms. The largest absolute Gasteiger partial charge is 0.496 e. The van der Waals surface area contributed by atoms with Gasteiger partial charge < -0.3 is 39.2 Å². The molecule has 0 radical (unpaired) electrons. The molecule has 5 rings (SSSR count). The first-order valence-corrected chi connectivity index (χ1v) is 14.9. The van der Waals surface area contributed by atoms with Crippen LogP contribution in [0.1, 0.15) is 18.4 Å². The number of hydrogen-bond acceptors (Lipinski definition) is 8. The van der Waals surface area contributed by atoms with Crippen molar-refractivity contribution in [3.05, 3.63) is 102 Å². The molecule has 3 aliphatic rings. The Morgan fingerprint density at radius 2 is 1.88 bits per heavy atom. The van der Waals surface area contributed by atoms with Crippen LogP contribution in [0, 0.1) is 0 Å². The number of aliphatic hydroxyl groups excluding tert-OH is 1. The number of nitrogens with zero attached hydrogens (tertiary/aromatic N) is 2. The molecule has 2 atom stereocenters. The van der Waals surface area contributed by atoms with Crippen LogP contribution in [0.2, 0.25) is 0 Å². The number of allylic oxidation sites excluding steroid dienone is 3. The molecule has 2 aromatic rings.